The number of rotatable bonds is 12. The van der Waals surface area contributed by atoms with E-state index in [4.69, 9.17) is 15.0 Å². The topological polar surface area (TPSA) is 81.2 Å². The Morgan fingerprint density at radius 3 is 2.53 bits per heavy atom. The maximum Gasteiger partial charge on any atom is 0.233 e. The van der Waals surface area contributed by atoms with Crippen LogP contribution in [0, 0.1) is 12.3 Å². The van der Waals surface area contributed by atoms with Crippen molar-refractivity contribution in [2.24, 2.45) is 5.41 Å². The number of hydrogen-bond acceptors (Lipinski definition) is 8. The maximum atomic E-state index is 4.77. The second-order valence-corrected chi connectivity index (χ2v) is 10.9. The van der Waals surface area contributed by atoms with Gasteiger partial charge in [-0.15, -0.1) is 5.73 Å². The third-order valence-corrected chi connectivity index (χ3v) is 6.08. The maximum absolute atomic E-state index is 4.77. The van der Waals surface area contributed by atoms with Gasteiger partial charge in [0.05, 0.1) is 5.70 Å². The van der Waals surface area contributed by atoms with Gasteiger partial charge < -0.3 is 25.8 Å². The van der Waals surface area contributed by atoms with Crippen LogP contribution in [0.25, 0.3) is 0 Å². The van der Waals surface area contributed by atoms with Crippen molar-refractivity contribution < 1.29 is 0 Å². The molecule has 0 bridgehead atoms. The van der Waals surface area contributed by atoms with E-state index < -0.39 is 0 Å². The molecular weight excluding hydrogens is 448 g/mol. The van der Waals surface area contributed by atoms with Crippen molar-refractivity contribution >= 4 is 29.2 Å². The van der Waals surface area contributed by atoms with Crippen LogP contribution in [0.4, 0.5) is 29.2 Å². The largest absolute Gasteiger partial charge is 0.353 e. The summed E-state index contributed by atoms with van der Waals surface area (Å²) in [5.74, 6) is 1.77. The highest BCUT2D eigenvalue weighted by atomic mass is 15.3. The van der Waals surface area contributed by atoms with Gasteiger partial charge >= 0.3 is 0 Å². The quantitative estimate of drug-likeness (QED) is 0.321. The monoisotopic (exact) mass is 492 g/mol. The SMILES string of the molecule is C=C=C(CCC)Nc1ccc(C)c(Nc2nc(NCCN3CCCC3)nc(N(C)CC(C)(C)C)n2)c1. The minimum Gasteiger partial charge on any atom is -0.353 e. The van der Waals surface area contributed by atoms with Crippen LogP contribution in [0.2, 0.25) is 0 Å². The first-order valence-electron chi connectivity index (χ1n) is 13.1. The number of nitrogens with zero attached hydrogens (tertiary/aromatic N) is 5. The van der Waals surface area contributed by atoms with Crippen molar-refractivity contribution in [3.05, 3.63) is 41.8 Å². The molecule has 0 atom stereocenters. The summed E-state index contributed by atoms with van der Waals surface area (Å²) < 4.78 is 0. The van der Waals surface area contributed by atoms with Crippen molar-refractivity contribution in [1.82, 2.24) is 19.9 Å². The molecule has 8 nitrogen and oxygen atoms in total. The molecule has 0 saturated carbocycles. The molecule has 3 rings (SSSR count). The number of hydrogen-bond donors (Lipinski definition) is 3. The summed E-state index contributed by atoms with van der Waals surface area (Å²) in [6, 6.07) is 6.22. The highest BCUT2D eigenvalue weighted by molar-refractivity contribution is 5.67. The third-order valence-electron chi connectivity index (χ3n) is 6.08. The van der Waals surface area contributed by atoms with Crippen LogP contribution in [0.3, 0.4) is 0 Å². The Hall–Kier alpha value is -3.09. The van der Waals surface area contributed by atoms with Crippen molar-refractivity contribution in [2.45, 2.75) is 60.3 Å². The van der Waals surface area contributed by atoms with E-state index in [0.717, 1.165) is 55.1 Å². The first-order chi connectivity index (χ1) is 17.2. The molecule has 0 amide bonds. The Bertz CT molecular complexity index is 1050. The van der Waals surface area contributed by atoms with Gasteiger partial charge in [-0.3, -0.25) is 0 Å². The third kappa shape index (κ3) is 8.54. The zero-order valence-electron chi connectivity index (χ0n) is 23.0. The number of benzene rings is 1. The fraction of sp³-hybridized carbons (Fsp3) is 0.571. The summed E-state index contributed by atoms with van der Waals surface area (Å²) in [6.07, 6.45) is 4.52. The minimum atomic E-state index is 0.115. The minimum absolute atomic E-state index is 0.115. The van der Waals surface area contributed by atoms with Crippen LogP contribution in [0.1, 0.15) is 58.9 Å². The van der Waals surface area contributed by atoms with E-state index in [0.29, 0.717) is 17.8 Å². The summed E-state index contributed by atoms with van der Waals surface area (Å²) in [7, 11) is 2.03. The first kappa shape index (κ1) is 27.5. The molecule has 36 heavy (non-hydrogen) atoms. The zero-order chi connectivity index (χ0) is 26.1. The van der Waals surface area contributed by atoms with Crippen LogP contribution in [0.15, 0.2) is 36.2 Å². The molecule has 1 fully saturated rings. The van der Waals surface area contributed by atoms with Gasteiger partial charge in [-0.25, -0.2) is 0 Å². The predicted molar refractivity (Wildman–Crippen MR) is 152 cm³/mol. The van der Waals surface area contributed by atoms with Gasteiger partial charge in [-0.05, 0) is 62.4 Å². The summed E-state index contributed by atoms with van der Waals surface area (Å²) in [5.41, 5.74) is 7.14. The second kappa shape index (κ2) is 12.7. The molecule has 1 aromatic heterocycles. The lowest BCUT2D eigenvalue weighted by molar-refractivity contribution is 0.352. The summed E-state index contributed by atoms with van der Waals surface area (Å²) >= 11 is 0. The van der Waals surface area contributed by atoms with E-state index in [1.165, 1.54) is 25.9 Å². The summed E-state index contributed by atoms with van der Waals surface area (Å²) in [5, 5.41) is 10.3. The molecule has 1 saturated heterocycles. The first-order valence-corrected chi connectivity index (χ1v) is 13.1. The molecule has 0 radical (unpaired) electrons. The molecule has 0 unspecified atom stereocenters. The molecule has 3 N–H and O–H groups in total. The lowest BCUT2D eigenvalue weighted by Crippen LogP contribution is -2.31. The molecule has 0 aliphatic carbocycles. The molecule has 1 aliphatic heterocycles. The van der Waals surface area contributed by atoms with Crippen molar-refractivity contribution in [3.63, 3.8) is 0 Å². The molecule has 0 spiro atoms. The molecule has 1 aliphatic rings. The lowest BCUT2D eigenvalue weighted by atomic mass is 9.96. The average Bonchev–Trinajstić information content (AvgIpc) is 3.33. The second-order valence-electron chi connectivity index (χ2n) is 10.9. The molecule has 2 heterocycles. The van der Waals surface area contributed by atoms with E-state index in [2.05, 4.69) is 90.9 Å². The predicted octanol–water partition coefficient (Wildman–Crippen LogP) is 5.79. The number of nitrogens with one attached hydrogen (secondary N) is 3. The summed E-state index contributed by atoms with van der Waals surface area (Å²) in [4.78, 5) is 18.8. The van der Waals surface area contributed by atoms with Gasteiger partial charge in [0.1, 0.15) is 0 Å². The Labute approximate surface area is 217 Å². The molecule has 196 valence electrons. The molecular formula is C28H44N8. The fourth-order valence-corrected chi connectivity index (χ4v) is 4.36. The van der Waals surface area contributed by atoms with Gasteiger partial charge in [0.15, 0.2) is 0 Å². The number of likely N-dealkylation sites (tertiary alicyclic amines) is 1. The van der Waals surface area contributed by atoms with Gasteiger partial charge in [0.2, 0.25) is 17.8 Å². The van der Waals surface area contributed by atoms with Crippen LogP contribution >= 0.6 is 0 Å². The van der Waals surface area contributed by atoms with E-state index in [-0.39, 0.29) is 5.41 Å². The van der Waals surface area contributed by atoms with Crippen LogP contribution < -0.4 is 20.9 Å². The Morgan fingerprint density at radius 2 is 1.86 bits per heavy atom. The van der Waals surface area contributed by atoms with E-state index in [9.17, 15) is 0 Å². The van der Waals surface area contributed by atoms with Gasteiger partial charge in [0.25, 0.3) is 0 Å². The highest BCUT2D eigenvalue weighted by Gasteiger charge is 2.18. The standard InChI is InChI=1S/C28H44N8/c1-8-12-22(9-2)30-23-14-13-21(3)24(19-23)31-26-32-25(29-15-18-36-16-10-11-17-36)33-27(34-26)35(7)20-28(4,5)6/h13-14,19,30H,2,8,10-12,15-18,20H2,1,3-7H3,(H2,29,31,32,33,34). The zero-order valence-corrected chi connectivity index (χ0v) is 23.0. The van der Waals surface area contributed by atoms with Crippen LogP contribution in [-0.4, -0.2) is 59.6 Å². The van der Waals surface area contributed by atoms with Crippen molar-refractivity contribution in [2.75, 3.05) is 60.6 Å². The number of aromatic nitrogens is 3. The fourth-order valence-electron chi connectivity index (χ4n) is 4.36. The van der Waals surface area contributed by atoms with E-state index >= 15 is 0 Å². The van der Waals surface area contributed by atoms with Gasteiger partial charge in [0, 0.05) is 38.1 Å². The Kier molecular flexibility index (Phi) is 9.73. The molecule has 2 aromatic rings. The average molecular weight is 493 g/mol. The lowest BCUT2D eigenvalue weighted by Gasteiger charge is -2.27. The number of aryl methyl sites for hydroxylation is 1. The van der Waals surface area contributed by atoms with Gasteiger partial charge in [-0.1, -0.05) is 46.8 Å². The van der Waals surface area contributed by atoms with Crippen LogP contribution in [-0.2, 0) is 0 Å². The Morgan fingerprint density at radius 1 is 1.14 bits per heavy atom. The smallest absolute Gasteiger partial charge is 0.233 e. The van der Waals surface area contributed by atoms with Gasteiger partial charge in [-0.2, -0.15) is 15.0 Å². The Balaban J connectivity index is 1.82. The normalized spacial score (nSPS) is 13.8. The van der Waals surface area contributed by atoms with E-state index in [1.54, 1.807) is 0 Å². The number of anilines is 5. The molecule has 8 heteroatoms. The van der Waals surface area contributed by atoms with Crippen LogP contribution in [0.5, 0.6) is 0 Å². The highest BCUT2D eigenvalue weighted by Crippen LogP contribution is 2.26. The molecule has 1 aromatic carbocycles. The van der Waals surface area contributed by atoms with E-state index in [1.807, 2.05) is 7.05 Å². The van der Waals surface area contributed by atoms with Crippen molar-refractivity contribution in [3.8, 4) is 0 Å². The number of allylic oxidation sites excluding steroid dienone is 1. The summed E-state index contributed by atoms with van der Waals surface area (Å²) in [6.45, 7) is 19.7. The van der Waals surface area contributed by atoms with Crippen molar-refractivity contribution in [1.29, 1.82) is 0 Å².